The Labute approximate surface area is 134 Å². The summed E-state index contributed by atoms with van der Waals surface area (Å²) < 4.78 is 1.22. The molecule has 23 heavy (non-hydrogen) atoms. The van der Waals surface area contributed by atoms with Gasteiger partial charge in [0, 0.05) is 5.56 Å². The van der Waals surface area contributed by atoms with Crippen LogP contribution >= 0.6 is 11.3 Å². The molecule has 2 heterocycles. The number of benzene rings is 2. The summed E-state index contributed by atoms with van der Waals surface area (Å²) in [5.74, 6) is 0.107. The zero-order chi connectivity index (χ0) is 15.8. The van der Waals surface area contributed by atoms with Gasteiger partial charge in [0.15, 0.2) is 10.7 Å². The molecule has 1 N–H and O–H groups in total. The molecule has 0 aliphatic carbocycles. The Bertz CT molecular complexity index is 1060. The summed E-state index contributed by atoms with van der Waals surface area (Å²) in [7, 11) is 0. The standard InChI is InChI=1S/C16H10N4O2S/c21-12-9-5-4-8-11(12)14-19-20-15(22)13(17-18-16(20)23-14)10-6-2-1-3-7-10/h1-9,21H. The Morgan fingerprint density at radius 3 is 2.48 bits per heavy atom. The van der Waals surface area contributed by atoms with Gasteiger partial charge in [-0.1, -0.05) is 53.8 Å². The third kappa shape index (κ3) is 2.27. The van der Waals surface area contributed by atoms with E-state index in [0.29, 0.717) is 21.1 Å². The summed E-state index contributed by atoms with van der Waals surface area (Å²) in [5, 5.41) is 22.8. The Morgan fingerprint density at radius 1 is 0.957 bits per heavy atom. The van der Waals surface area contributed by atoms with E-state index in [1.54, 1.807) is 36.4 Å². The molecule has 0 saturated heterocycles. The van der Waals surface area contributed by atoms with Gasteiger partial charge in [-0.25, -0.2) is 0 Å². The first-order chi connectivity index (χ1) is 11.2. The zero-order valence-corrected chi connectivity index (χ0v) is 12.6. The van der Waals surface area contributed by atoms with Gasteiger partial charge < -0.3 is 5.11 Å². The van der Waals surface area contributed by atoms with Crippen LogP contribution in [-0.4, -0.2) is 24.9 Å². The fourth-order valence-corrected chi connectivity index (χ4v) is 3.13. The molecule has 0 aliphatic heterocycles. The summed E-state index contributed by atoms with van der Waals surface area (Å²) in [6.45, 7) is 0. The van der Waals surface area contributed by atoms with Gasteiger partial charge in [0.2, 0.25) is 4.96 Å². The molecular weight excluding hydrogens is 312 g/mol. The Hall–Kier alpha value is -3.06. The van der Waals surface area contributed by atoms with Crippen molar-refractivity contribution in [3.63, 3.8) is 0 Å². The van der Waals surface area contributed by atoms with Crippen LogP contribution in [0.2, 0.25) is 0 Å². The number of fused-ring (bicyclic) bond motifs is 1. The number of para-hydroxylation sites is 1. The predicted octanol–water partition coefficient (Wildman–Crippen LogP) is 2.59. The van der Waals surface area contributed by atoms with Crippen LogP contribution < -0.4 is 5.56 Å². The Morgan fingerprint density at radius 2 is 1.70 bits per heavy atom. The van der Waals surface area contributed by atoms with Crippen molar-refractivity contribution >= 4 is 16.3 Å². The van der Waals surface area contributed by atoms with Crippen LogP contribution in [0.3, 0.4) is 0 Å². The van der Waals surface area contributed by atoms with Gasteiger partial charge in [0.25, 0.3) is 0 Å². The molecule has 112 valence electrons. The molecule has 0 spiro atoms. The van der Waals surface area contributed by atoms with Crippen molar-refractivity contribution < 1.29 is 5.11 Å². The number of phenolic OH excluding ortho intramolecular Hbond substituents is 1. The average molecular weight is 322 g/mol. The highest BCUT2D eigenvalue weighted by molar-refractivity contribution is 7.19. The number of aromatic nitrogens is 4. The molecule has 6 nitrogen and oxygen atoms in total. The zero-order valence-electron chi connectivity index (χ0n) is 11.7. The molecule has 4 rings (SSSR count). The summed E-state index contributed by atoms with van der Waals surface area (Å²) >= 11 is 1.20. The minimum atomic E-state index is -0.334. The second-order valence-corrected chi connectivity index (χ2v) is 5.79. The second-order valence-electron chi connectivity index (χ2n) is 4.84. The first-order valence-corrected chi connectivity index (χ1v) is 7.66. The van der Waals surface area contributed by atoms with Crippen LogP contribution in [0.1, 0.15) is 0 Å². The maximum atomic E-state index is 12.6. The van der Waals surface area contributed by atoms with Crippen LogP contribution in [0.4, 0.5) is 0 Å². The van der Waals surface area contributed by atoms with Gasteiger partial charge in [-0.3, -0.25) is 4.79 Å². The average Bonchev–Trinajstić information content (AvgIpc) is 3.01. The van der Waals surface area contributed by atoms with E-state index in [1.165, 1.54) is 15.9 Å². The molecule has 2 aromatic carbocycles. The van der Waals surface area contributed by atoms with E-state index in [-0.39, 0.29) is 17.0 Å². The molecule has 0 bridgehead atoms. The highest BCUT2D eigenvalue weighted by atomic mass is 32.1. The lowest BCUT2D eigenvalue weighted by Crippen LogP contribution is -2.19. The van der Waals surface area contributed by atoms with Crippen molar-refractivity contribution in [3.8, 4) is 27.6 Å². The van der Waals surface area contributed by atoms with Crippen LogP contribution in [0, 0.1) is 0 Å². The molecule has 0 amide bonds. The summed E-state index contributed by atoms with van der Waals surface area (Å²) in [6, 6.07) is 16.0. The fraction of sp³-hybridized carbons (Fsp3) is 0. The summed E-state index contributed by atoms with van der Waals surface area (Å²) in [5.41, 5.74) is 1.16. The third-order valence-corrected chi connectivity index (χ3v) is 4.30. The topological polar surface area (TPSA) is 80.4 Å². The van der Waals surface area contributed by atoms with Gasteiger partial charge in [-0.05, 0) is 12.1 Å². The minimum Gasteiger partial charge on any atom is -0.507 e. The minimum absolute atomic E-state index is 0.107. The SMILES string of the molecule is O=c1c(-c2ccccc2)nnc2sc(-c3ccccc3O)nn12. The van der Waals surface area contributed by atoms with Crippen molar-refractivity contribution in [2.75, 3.05) is 0 Å². The molecule has 0 atom stereocenters. The van der Waals surface area contributed by atoms with E-state index in [1.807, 2.05) is 18.2 Å². The van der Waals surface area contributed by atoms with Gasteiger partial charge in [-0.15, -0.1) is 10.2 Å². The van der Waals surface area contributed by atoms with Crippen LogP contribution in [-0.2, 0) is 0 Å². The highest BCUT2D eigenvalue weighted by Crippen LogP contribution is 2.31. The van der Waals surface area contributed by atoms with Crippen molar-refractivity contribution in [2.24, 2.45) is 0 Å². The van der Waals surface area contributed by atoms with Gasteiger partial charge in [0.1, 0.15) is 5.75 Å². The normalized spacial score (nSPS) is 11.0. The number of rotatable bonds is 2. The lowest BCUT2D eigenvalue weighted by atomic mass is 10.2. The summed E-state index contributed by atoms with van der Waals surface area (Å²) in [6.07, 6.45) is 0. The lowest BCUT2D eigenvalue weighted by Gasteiger charge is -1.98. The second kappa shape index (κ2) is 5.29. The monoisotopic (exact) mass is 322 g/mol. The van der Waals surface area contributed by atoms with E-state index in [4.69, 9.17) is 0 Å². The maximum absolute atomic E-state index is 12.6. The van der Waals surface area contributed by atoms with E-state index in [2.05, 4.69) is 15.3 Å². The number of nitrogens with zero attached hydrogens (tertiary/aromatic N) is 4. The molecule has 2 aromatic heterocycles. The van der Waals surface area contributed by atoms with E-state index in [9.17, 15) is 9.90 Å². The van der Waals surface area contributed by atoms with Gasteiger partial charge in [-0.2, -0.15) is 9.61 Å². The van der Waals surface area contributed by atoms with E-state index in [0.717, 1.165) is 0 Å². The quantitative estimate of drug-likeness (QED) is 0.613. The van der Waals surface area contributed by atoms with Crippen molar-refractivity contribution in [1.82, 2.24) is 19.8 Å². The van der Waals surface area contributed by atoms with Crippen LogP contribution in [0.15, 0.2) is 59.4 Å². The third-order valence-electron chi connectivity index (χ3n) is 3.37. The fourth-order valence-electron chi connectivity index (χ4n) is 2.26. The van der Waals surface area contributed by atoms with E-state index >= 15 is 0 Å². The first kappa shape index (κ1) is 13.6. The van der Waals surface area contributed by atoms with E-state index < -0.39 is 0 Å². The molecule has 0 aliphatic rings. The maximum Gasteiger partial charge on any atom is 0.302 e. The van der Waals surface area contributed by atoms with Gasteiger partial charge in [0.05, 0.1) is 5.56 Å². The first-order valence-electron chi connectivity index (χ1n) is 6.84. The molecule has 0 fully saturated rings. The molecule has 0 saturated carbocycles. The van der Waals surface area contributed by atoms with Crippen molar-refractivity contribution in [3.05, 3.63) is 65.0 Å². The summed E-state index contributed by atoms with van der Waals surface area (Å²) in [4.78, 5) is 13.0. The van der Waals surface area contributed by atoms with Crippen molar-refractivity contribution in [2.45, 2.75) is 0 Å². The molecular formula is C16H10N4O2S. The predicted molar refractivity (Wildman–Crippen MR) is 87.5 cm³/mol. The number of aromatic hydroxyl groups is 1. The van der Waals surface area contributed by atoms with Gasteiger partial charge >= 0.3 is 5.56 Å². The number of hydrogen-bond donors (Lipinski definition) is 1. The molecule has 7 heteroatoms. The lowest BCUT2D eigenvalue weighted by molar-refractivity contribution is 0.477. The number of phenols is 1. The Balaban J connectivity index is 1.93. The molecule has 0 unspecified atom stereocenters. The van der Waals surface area contributed by atoms with Crippen LogP contribution in [0.25, 0.3) is 26.8 Å². The largest absolute Gasteiger partial charge is 0.507 e. The highest BCUT2D eigenvalue weighted by Gasteiger charge is 2.15. The molecule has 0 radical (unpaired) electrons. The Kier molecular flexibility index (Phi) is 3.13. The van der Waals surface area contributed by atoms with Crippen molar-refractivity contribution in [1.29, 1.82) is 0 Å². The van der Waals surface area contributed by atoms with Crippen LogP contribution in [0.5, 0.6) is 5.75 Å². The molecule has 4 aromatic rings. The smallest absolute Gasteiger partial charge is 0.302 e. The number of hydrogen-bond acceptors (Lipinski definition) is 6.